The molecular formula is C25H26N2O9S2. The van der Waals surface area contributed by atoms with Crippen LogP contribution in [0.15, 0.2) is 76.5 Å². The van der Waals surface area contributed by atoms with Crippen LogP contribution < -0.4 is 11.1 Å². The van der Waals surface area contributed by atoms with Crippen LogP contribution in [0.25, 0.3) is 0 Å². The molecular weight excluding hydrogens is 536 g/mol. The highest BCUT2D eigenvalue weighted by Gasteiger charge is 2.26. The molecule has 0 bridgehead atoms. The van der Waals surface area contributed by atoms with Gasteiger partial charge in [-0.1, -0.05) is 35.4 Å². The van der Waals surface area contributed by atoms with Crippen molar-refractivity contribution in [2.75, 3.05) is 18.9 Å². The molecule has 0 aliphatic heterocycles. The number of hydrogen-bond acceptors (Lipinski definition) is 9. The van der Waals surface area contributed by atoms with Gasteiger partial charge in [-0.15, -0.1) is 0 Å². The van der Waals surface area contributed by atoms with Crippen molar-refractivity contribution >= 4 is 37.8 Å². The lowest BCUT2D eigenvalue weighted by molar-refractivity contribution is 0.0697. The molecule has 0 spiro atoms. The lowest BCUT2D eigenvalue weighted by Crippen LogP contribution is -2.38. The van der Waals surface area contributed by atoms with Gasteiger partial charge in [-0.3, -0.25) is 13.2 Å². The quantitative estimate of drug-likeness (QED) is 0.232. The molecule has 38 heavy (non-hydrogen) atoms. The van der Waals surface area contributed by atoms with Crippen LogP contribution >= 0.6 is 0 Å². The number of rotatable bonds is 11. The van der Waals surface area contributed by atoms with Gasteiger partial charge in [-0.2, -0.15) is 16.8 Å². The van der Waals surface area contributed by atoms with Crippen LogP contribution in [-0.2, 0) is 28.6 Å². The number of carbonyl (C=O) groups excluding carboxylic acids is 1. The highest BCUT2D eigenvalue weighted by molar-refractivity contribution is 7.87. The fourth-order valence-corrected chi connectivity index (χ4v) is 5.21. The first kappa shape index (κ1) is 28.8. The number of aryl methyl sites for hydroxylation is 2. The number of nitrogen functional groups attached to an aromatic ring is 1. The molecule has 0 aromatic heterocycles. The summed E-state index contributed by atoms with van der Waals surface area (Å²) in [5.41, 5.74) is 7.01. The summed E-state index contributed by atoms with van der Waals surface area (Å²) in [6.45, 7) is 2.30. The van der Waals surface area contributed by atoms with Gasteiger partial charge in [0.2, 0.25) is 0 Å². The van der Waals surface area contributed by atoms with Gasteiger partial charge in [0, 0.05) is 17.8 Å². The molecule has 202 valence electrons. The maximum Gasteiger partial charge on any atom is 0.335 e. The smallest absolute Gasteiger partial charge is 0.335 e. The predicted octanol–water partition coefficient (Wildman–Crippen LogP) is 2.49. The number of carbonyl (C=O) groups is 2. The second kappa shape index (κ2) is 11.7. The molecule has 0 aliphatic carbocycles. The number of nitrogens with one attached hydrogen (secondary N) is 1. The summed E-state index contributed by atoms with van der Waals surface area (Å²) in [4.78, 5) is 23.6. The van der Waals surface area contributed by atoms with E-state index in [2.05, 4.69) is 5.32 Å². The number of carboxylic acid groups (broad SMARTS) is 1. The van der Waals surface area contributed by atoms with Crippen molar-refractivity contribution in [3.63, 3.8) is 0 Å². The Morgan fingerprint density at radius 3 is 1.87 bits per heavy atom. The van der Waals surface area contributed by atoms with E-state index >= 15 is 0 Å². The van der Waals surface area contributed by atoms with Crippen LogP contribution in [0.3, 0.4) is 0 Å². The summed E-state index contributed by atoms with van der Waals surface area (Å²) < 4.78 is 61.3. The molecule has 1 unspecified atom stereocenters. The van der Waals surface area contributed by atoms with Gasteiger partial charge in [-0.05, 0) is 56.3 Å². The molecule has 4 N–H and O–H groups in total. The van der Waals surface area contributed by atoms with Crippen molar-refractivity contribution in [1.29, 1.82) is 0 Å². The van der Waals surface area contributed by atoms with Gasteiger partial charge < -0.3 is 16.2 Å². The third kappa shape index (κ3) is 7.61. The highest BCUT2D eigenvalue weighted by Crippen LogP contribution is 2.18. The molecule has 1 atom stereocenters. The minimum Gasteiger partial charge on any atom is -0.478 e. The van der Waals surface area contributed by atoms with E-state index in [1.807, 2.05) is 0 Å². The number of amides is 1. The average molecular weight is 563 g/mol. The Morgan fingerprint density at radius 1 is 0.842 bits per heavy atom. The van der Waals surface area contributed by atoms with Crippen molar-refractivity contribution in [1.82, 2.24) is 5.32 Å². The molecule has 0 fully saturated rings. The fourth-order valence-electron chi connectivity index (χ4n) is 3.21. The lowest BCUT2D eigenvalue weighted by Gasteiger charge is -2.19. The van der Waals surface area contributed by atoms with Gasteiger partial charge in [-0.25, -0.2) is 4.79 Å². The highest BCUT2D eigenvalue weighted by atomic mass is 32.2. The molecule has 1 amide bonds. The average Bonchev–Trinajstić information content (AvgIpc) is 2.85. The van der Waals surface area contributed by atoms with Crippen molar-refractivity contribution in [2.24, 2.45) is 0 Å². The molecule has 0 saturated carbocycles. The van der Waals surface area contributed by atoms with Crippen molar-refractivity contribution in [2.45, 2.75) is 29.7 Å². The van der Waals surface area contributed by atoms with Crippen molar-refractivity contribution in [3.05, 3.63) is 89.0 Å². The third-order valence-electron chi connectivity index (χ3n) is 5.25. The zero-order valence-electron chi connectivity index (χ0n) is 20.4. The number of benzene rings is 3. The van der Waals surface area contributed by atoms with E-state index in [9.17, 15) is 31.5 Å². The van der Waals surface area contributed by atoms with Crippen LogP contribution in [0.4, 0.5) is 5.69 Å². The molecule has 0 saturated heterocycles. The fraction of sp³-hybridized carbons (Fsp3) is 0.200. The van der Waals surface area contributed by atoms with E-state index in [4.69, 9.17) is 14.1 Å². The van der Waals surface area contributed by atoms with E-state index < -0.39 is 51.4 Å². The maximum atomic E-state index is 12.8. The van der Waals surface area contributed by atoms with Gasteiger partial charge in [0.1, 0.15) is 6.10 Å². The van der Waals surface area contributed by atoms with E-state index in [1.165, 1.54) is 36.4 Å². The second-order valence-corrected chi connectivity index (χ2v) is 11.6. The van der Waals surface area contributed by atoms with E-state index in [1.54, 1.807) is 38.1 Å². The zero-order chi connectivity index (χ0) is 28.1. The minimum atomic E-state index is -4.38. The Bertz CT molecular complexity index is 1530. The van der Waals surface area contributed by atoms with Crippen LogP contribution in [0, 0.1) is 13.8 Å². The number of carboxylic acids is 1. The Morgan fingerprint density at radius 2 is 1.34 bits per heavy atom. The zero-order valence-corrected chi connectivity index (χ0v) is 22.1. The van der Waals surface area contributed by atoms with E-state index in [-0.39, 0.29) is 26.6 Å². The molecule has 3 aromatic carbocycles. The first-order valence-corrected chi connectivity index (χ1v) is 14.0. The maximum absolute atomic E-state index is 12.8. The topological polar surface area (TPSA) is 179 Å². The van der Waals surface area contributed by atoms with Crippen molar-refractivity contribution in [3.8, 4) is 0 Å². The summed E-state index contributed by atoms with van der Waals surface area (Å²) in [5.74, 6) is -2.09. The number of hydrogen-bond donors (Lipinski definition) is 3. The Kier molecular flexibility index (Phi) is 8.89. The minimum absolute atomic E-state index is 0.0253. The van der Waals surface area contributed by atoms with Gasteiger partial charge in [0.15, 0.2) is 0 Å². The Hall–Kier alpha value is -3.78. The standard InChI is InChI=1S/C25H26N2O9S2/c1-16-3-7-22(8-4-16)37(31,32)35-15-21(36-38(33,34)23-9-5-17(2)6-10-23)14-27-24(28)18-11-19(25(29)30)13-20(26)12-18/h3-13,21H,14-15,26H2,1-2H3,(H,27,28)(H,29,30). The van der Waals surface area contributed by atoms with E-state index in [0.717, 1.165) is 17.2 Å². The summed E-state index contributed by atoms with van der Waals surface area (Å²) in [7, 11) is -8.65. The molecule has 0 radical (unpaired) electrons. The van der Waals surface area contributed by atoms with Crippen LogP contribution in [0.5, 0.6) is 0 Å². The first-order valence-electron chi connectivity index (χ1n) is 11.1. The number of nitrogens with two attached hydrogens (primary N) is 1. The molecule has 0 aliphatic rings. The summed E-state index contributed by atoms with van der Waals surface area (Å²) in [6, 6.07) is 15.1. The van der Waals surface area contributed by atoms with Gasteiger partial charge in [0.25, 0.3) is 26.1 Å². The SMILES string of the molecule is Cc1ccc(S(=O)(=O)OCC(CNC(=O)c2cc(N)cc(C(=O)O)c2)OS(=O)(=O)c2ccc(C)cc2)cc1. The normalized spacial score (nSPS) is 12.6. The Labute approximate surface area is 220 Å². The number of aromatic carboxylic acids is 1. The molecule has 3 rings (SSSR count). The molecule has 3 aromatic rings. The monoisotopic (exact) mass is 562 g/mol. The van der Waals surface area contributed by atoms with Crippen LogP contribution in [0.1, 0.15) is 31.8 Å². The molecule has 0 heterocycles. The molecule has 11 nitrogen and oxygen atoms in total. The lowest BCUT2D eigenvalue weighted by atomic mass is 10.1. The predicted molar refractivity (Wildman–Crippen MR) is 138 cm³/mol. The van der Waals surface area contributed by atoms with Gasteiger partial charge in [0.05, 0.1) is 22.0 Å². The second-order valence-electron chi connectivity index (χ2n) is 8.40. The van der Waals surface area contributed by atoms with Gasteiger partial charge >= 0.3 is 5.97 Å². The van der Waals surface area contributed by atoms with E-state index in [0.29, 0.717) is 0 Å². The molecule has 13 heteroatoms. The third-order valence-corrected chi connectivity index (χ3v) is 7.92. The summed E-state index contributed by atoms with van der Waals surface area (Å²) >= 11 is 0. The van der Waals surface area contributed by atoms with Crippen LogP contribution in [0.2, 0.25) is 0 Å². The Balaban J connectivity index is 1.81. The van der Waals surface area contributed by atoms with Crippen molar-refractivity contribution < 1.29 is 39.9 Å². The number of anilines is 1. The first-order chi connectivity index (χ1) is 17.8. The summed E-state index contributed by atoms with van der Waals surface area (Å²) in [5, 5.41) is 11.6. The van der Waals surface area contributed by atoms with Crippen LogP contribution in [-0.4, -0.2) is 53.1 Å². The summed E-state index contributed by atoms with van der Waals surface area (Å²) in [6.07, 6.45) is -1.47. The largest absolute Gasteiger partial charge is 0.478 e.